The summed E-state index contributed by atoms with van der Waals surface area (Å²) in [5, 5.41) is 2.99. The minimum absolute atomic E-state index is 0.00591. The van der Waals surface area contributed by atoms with Gasteiger partial charge in [-0.05, 0) is 50.3 Å². The van der Waals surface area contributed by atoms with Gasteiger partial charge in [0.1, 0.15) is 11.6 Å². The fourth-order valence-corrected chi connectivity index (χ4v) is 3.08. The zero-order valence-corrected chi connectivity index (χ0v) is 15.3. The van der Waals surface area contributed by atoms with E-state index >= 15 is 0 Å². The summed E-state index contributed by atoms with van der Waals surface area (Å²) in [6.07, 6.45) is 1.49. The summed E-state index contributed by atoms with van der Waals surface area (Å²) in [6, 6.07) is 4.13. The van der Waals surface area contributed by atoms with Crippen molar-refractivity contribution in [3.8, 4) is 5.75 Å². The number of carbonyl (C=O) groups is 2. The van der Waals surface area contributed by atoms with Crippen LogP contribution in [0.15, 0.2) is 12.1 Å². The minimum atomic E-state index is -0.127. The van der Waals surface area contributed by atoms with E-state index in [9.17, 15) is 9.59 Å². The summed E-state index contributed by atoms with van der Waals surface area (Å²) in [5.41, 5.74) is 3.24. The molecule has 1 aromatic carbocycles. The van der Waals surface area contributed by atoms with Gasteiger partial charge in [-0.15, -0.1) is 11.6 Å². The lowest BCUT2D eigenvalue weighted by Gasteiger charge is -2.32. The molecule has 1 N–H and O–H groups in total. The van der Waals surface area contributed by atoms with Crippen LogP contribution in [0.3, 0.4) is 0 Å². The van der Waals surface area contributed by atoms with Gasteiger partial charge in [-0.25, -0.2) is 0 Å². The van der Waals surface area contributed by atoms with Crippen molar-refractivity contribution >= 4 is 23.4 Å². The van der Waals surface area contributed by atoms with E-state index in [0.717, 1.165) is 35.3 Å². The molecule has 1 heterocycles. The van der Waals surface area contributed by atoms with Gasteiger partial charge in [0, 0.05) is 19.1 Å². The largest absolute Gasteiger partial charge is 0.483 e. The van der Waals surface area contributed by atoms with Gasteiger partial charge in [0.2, 0.25) is 5.91 Å². The topological polar surface area (TPSA) is 58.6 Å². The number of nitrogens with zero attached hydrogens (tertiary/aromatic N) is 1. The van der Waals surface area contributed by atoms with Crippen LogP contribution < -0.4 is 10.1 Å². The van der Waals surface area contributed by atoms with E-state index in [0.29, 0.717) is 13.1 Å². The molecule has 0 unspecified atom stereocenters. The van der Waals surface area contributed by atoms with Crippen molar-refractivity contribution in [2.24, 2.45) is 0 Å². The number of hydrogen-bond acceptors (Lipinski definition) is 3. The van der Waals surface area contributed by atoms with Crippen molar-refractivity contribution in [2.75, 3.05) is 25.6 Å². The quantitative estimate of drug-likeness (QED) is 0.827. The number of rotatable bonds is 5. The maximum absolute atomic E-state index is 12.1. The number of aryl methyl sites for hydroxylation is 2. The number of benzene rings is 1. The molecule has 1 fully saturated rings. The molecule has 2 rings (SSSR count). The van der Waals surface area contributed by atoms with Crippen molar-refractivity contribution in [1.82, 2.24) is 10.2 Å². The Labute approximate surface area is 148 Å². The summed E-state index contributed by atoms with van der Waals surface area (Å²) in [7, 11) is 0. The number of hydrogen-bond donors (Lipinski definition) is 1. The fraction of sp³-hybridized carbons (Fsp3) is 0.556. The van der Waals surface area contributed by atoms with Crippen molar-refractivity contribution in [1.29, 1.82) is 0 Å². The second kappa shape index (κ2) is 8.38. The van der Waals surface area contributed by atoms with Crippen LogP contribution in [0.5, 0.6) is 5.75 Å². The van der Waals surface area contributed by atoms with Gasteiger partial charge in [0.05, 0.1) is 0 Å². The van der Waals surface area contributed by atoms with E-state index in [4.69, 9.17) is 16.3 Å². The zero-order chi connectivity index (χ0) is 17.7. The molecular weight excluding hydrogens is 328 g/mol. The van der Waals surface area contributed by atoms with E-state index in [2.05, 4.69) is 5.32 Å². The van der Waals surface area contributed by atoms with E-state index in [-0.39, 0.29) is 30.3 Å². The Balaban J connectivity index is 1.81. The number of halogens is 1. The molecule has 0 spiro atoms. The SMILES string of the molecule is Cc1ccc(C)c(OCC(=O)NC2CCN(C(=O)CCl)CC2)c1C. The van der Waals surface area contributed by atoms with Gasteiger partial charge >= 0.3 is 0 Å². The Morgan fingerprint density at radius 1 is 1.21 bits per heavy atom. The lowest BCUT2D eigenvalue weighted by atomic mass is 10.0. The van der Waals surface area contributed by atoms with Crippen LogP contribution in [0.4, 0.5) is 0 Å². The fourth-order valence-electron chi connectivity index (χ4n) is 2.91. The smallest absolute Gasteiger partial charge is 0.258 e. The predicted octanol–water partition coefficient (Wildman–Crippen LogP) is 2.34. The van der Waals surface area contributed by atoms with E-state index in [1.165, 1.54) is 0 Å². The molecule has 1 aliphatic rings. The van der Waals surface area contributed by atoms with Gasteiger partial charge in [-0.1, -0.05) is 12.1 Å². The highest BCUT2D eigenvalue weighted by atomic mass is 35.5. The summed E-state index contributed by atoms with van der Waals surface area (Å²) < 4.78 is 5.73. The van der Waals surface area contributed by atoms with E-state index < -0.39 is 0 Å². The molecule has 1 saturated heterocycles. The molecule has 1 aliphatic heterocycles. The lowest BCUT2D eigenvalue weighted by molar-refractivity contribution is -0.129. The molecule has 0 atom stereocenters. The van der Waals surface area contributed by atoms with Crippen LogP contribution in [0, 0.1) is 20.8 Å². The summed E-state index contributed by atoms with van der Waals surface area (Å²) >= 11 is 5.56. The van der Waals surface area contributed by atoms with Gasteiger partial charge in [0.25, 0.3) is 5.91 Å². The van der Waals surface area contributed by atoms with Crippen LogP contribution in [-0.2, 0) is 9.59 Å². The maximum atomic E-state index is 12.1. The van der Waals surface area contributed by atoms with Crippen LogP contribution >= 0.6 is 11.6 Å². The summed E-state index contributed by atoms with van der Waals surface area (Å²) in [4.78, 5) is 25.4. The molecule has 2 amide bonds. The summed E-state index contributed by atoms with van der Waals surface area (Å²) in [5.74, 6) is 0.625. The highest BCUT2D eigenvalue weighted by Gasteiger charge is 2.23. The third-order valence-electron chi connectivity index (χ3n) is 4.55. The molecule has 0 aliphatic carbocycles. The molecular formula is C18H25ClN2O3. The Bertz CT molecular complexity index is 611. The Kier molecular flexibility index (Phi) is 6.49. The minimum Gasteiger partial charge on any atom is -0.483 e. The van der Waals surface area contributed by atoms with Crippen molar-refractivity contribution in [3.63, 3.8) is 0 Å². The first-order valence-electron chi connectivity index (χ1n) is 8.25. The van der Waals surface area contributed by atoms with Gasteiger partial charge in [-0.2, -0.15) is 0 Å². The van der Waals surface area contributed by atoms with E-state index in [1.807, 2.05) is 32.9 Å². The molecule has 0 radical (unpaired) electrons. The van der Waals surface area contributed by atoms with Gasteiger partial charge in [0.15, 0.2) is 6.61 Å². The standard InChI is InChI=1S/C18H25ClN2O3/c1-12-4-5-13(2)18(14(12)3)24-11-16(22)20-15-6-8-21(9-7-15)17(23)10-19/h4-5,15H,6-11H2,1-3H3,(H,20,22). The predicted molar refractivity (Wildman–Crippen MR) is 94.6 cm³/mol. The van der Waals surface area contributed by atoms with Crippen molar-refractivity contribution in [3.05, 3.63) is 28.8 Å². The van der Waals surface area contributed by atoms with Crippen molar-refractivity contribution in [2.45, 2.75) is 39.7 Å². The highest BCUT2D eigenvalue weighted by molar-refractivity contribution is 6.27. The summed E-state index contributed by atoms with van der Waals surface area (Å²) in [6.45, 7) is 7.27. The molecule has 5 nitrogen and oxygen atoms in total. The van der Waals surface area contributed by atoms with Crippen LogP contribution in [-0.4, -0.2) is 48.3 Å². The van der Waals surface area contributed by atoms with Gasteiger partial charge in [-0.3, -0.25) is 9.59 Å². The molecule has 0 bridgehead atoms. The van der Waals surface area contributed by atoms with E-state index in [1.54, 1.807) is 4.90 Å². The van der Waals surface area contributed by atoms with Crippen LogP contribution in [0.25, 0.3) is 0 Å². The number of piperidine rings is 1. The number of likely N-dealkylation sites (tertiary alicyclic amines) is 1. The van der Waals surface area contributed by atoms with Crippen molar-refractivity contribution < 1.29 is 14.3 Å². The molecule has 1 aromatic rings. The third kappa shape index (κ3) is 4.63. The number of nitrogens with one attached hydrogen (secondary N) is 1. The molecule has 6 heteroatoms. The normalized spacial score (nSPS) is 15.2. The number of alkyl halides is 1. The lowest BCUT2D eigenvalue weighted by Crippen LogP contribution is -2.47. The highest BCUT2D eigenvalue weighted by Crippen LogP contribution is 2.25. The molecule has 132 valence electrons. The number of carbonyl (C=O) groups excluding carboxylic acids is 2. The number of ether oxygens (including phenoxy) is 1. The monoisotopic (exact) mass is 352 g/mol. The average Bonchev–Trinajstić information content (AvgIpc) is 2.58. The van der Waals surface area contributed by atoms with Crippen LogP contribution in [0.2, 0.25) is 0 Å². The van der Waals surface area contributed by atoms with Gasteiger partial charge < -0.3 is 15.0 Å². The average molecular weight is 353 g/mol. The second-order valence-corrected chi connectivity index (χ2v) is 6.57. The molecule has 24 heavy (non-hydrogen) atoms. The first-order valence-corrected chi connectivity index (χ1v) is 8.78. The Hall–Kier alpha value is -1.75. The maximum Gasteiger partial charge on any atom is 0.258 e. The molecule has 0 saturated carbocycles. The molecule has 0 aromatic heterocycles. The number of amides is 2. The Morgan fingerprint density at radius 2 is 1.83 bits per heavy atom. The first-order chi connectivity index (χ1) is 11.4. The first kappa shape index (κ1) is 18.6. The Morgan fingerprint density at radius 3 is 2.46 bits per heavy atom. The third-order valence-corrected chi connectivity index (χ3v) is 4.78. The van der Waals surface area contributed by atoms with Crippen LogP contribution in [0.1, 0.15) is 29.5 Å². The zero-order valence-electron chi connectivity index (χ0n) is 14.5. The second-order valence-electron chi connectivity index (χ2n) is 6.30.